The van der Waals surface area contributed by atoms with Gasteiger partial charge in [0.05, 0.1) is 13.2 Å². The number of rotatable bonds is 5. The Bertz CT molecular complexity index is 162. The van der Waals surface area contributed by atoms with Crippen molar-refractivity contribution < 1.29 is 9.53 Å². The number of carbonyl (C=O) groups is 1. The van der Waals surface area contributed by atoms with Crippen LogP contribution < -0.4 is 5.32 Å². The van der Waals surface area contributed by atoms with Crippen molar-refractivity contribution in [2.45, 2.75) is 6.42 Å². The van der Waals surface area contributed by atoms with Crippen molar-refractivity contribution in [3.05, 3.63) is 12.7 Å². The van der Waals surface area contributed by atoms with Gasteiger partial charge in [-0.15, -0.1) is 6.58 Å². The van der Waals surface area contributed by atoms with Crippen LogP contribution in [0.4, 0.5) is 0 Å². The molecule has 0 spiro atoms. The quantitative estimate of drug-likeness (QED) is 0.477. The summed E-state index contributed by atoms with van der Waals surface area (Å²) in [5.41, 5.74) is 0. The van der Waals surface area contributed by atoms with Crippen LogP contribution >= 0.6 is 0 Å². The van der Waals surface area contributed by atoms with Crippen molar-refractivity contribution in [2.75, 3.05) is 26.3 Å². The highest BCUT2D eigenvalue weighted by molar-refractivity contribution is 5.83. The Morgan fingerprint density at radius 2 is 2.58 bits per heavy atom. The standard InChI is InChI=1S/C9H15NO2/c1-2-4-10-6-9(11)8-3-5-12-7-8/h2,8,10H,1,3-7H2. The third-order valence-corrected chi connectivity index (χ3v) is 1.97. The molecule has 1 aliphatic heterocycles. The smallest absolute Gasteiger partial charge is 0.152 e. The molecule has 1 aliphatic rings. The maximum Gasteiger partial charge on any atom is 0.152 e. The molecule has 0 aromatic carbocycles. The average Bonchev–Trinajstić information content (AvgIpc) is 2.56. The molecule has 1 saturated heterocycles. The summed E-state index contributed by atoms with van der Waals surface area (Å²) in [7, 11) is 0. The number of ketones is 1. The predicted molar refractivity (Wildman–Crippen MR) is 47.0 cm³/mol. The van der Waals surface area contributed by atoms with Crippen LogP contribution in [0.15, 0.2) is 12.7 Å². The zero-order chi connectivity index (χ0) is 8.81. The highest BCUT2D eigenvalue weighted by Crippen LogP contribution is 2.12. The molecular weight excluding hydrogens is 154 g/mol. The zero-order valence-corrected chi connectivity index (χ0v) is 7.21. The summed E-state index contributed by atoms with van der Waals surface area (Å²) in [6.45, 7) is 6.03. The molecule has 1 N–H and O–H groups in total. The summed E-state index contributed by atoms with van der Waals surface area (Å²) >= 11 is 0. The lowest BCUT2D eigenvalue weighted by atomic mass is 10.0. The second kappa shape index (κ2) is 5.06. The van der Waals surface area contributed by atoms with Crippen LogP contribution in [-0.4, -0.2) is 32.1 Å². The number of carbonyl (C=O) groups excluding carboxylic acids is 1. The van der Waals surface area contributed by atoms with E-state index in [1.165, 1.54) is 0 Å². The highest BCUT2D eigenvalue weighted by atomic mass is 16.5. The molecule has 0 amide bonds. The van der Waals surface area contributed by atoms with Crippen LogP contribution in [0.3, 0.4) is 0 Å². The zero-order valence-electron chi connectivity index (χ0n) is 7.21. The average molecular weight is 169 g/mol. The van der Waals surface area contributed by atoms with E-state index in [2.05, 4.69) is 11.9 Å². The van der Waals surface area contributed by atoms with E-state index in [1.807, 2.05) is 0 Å². The minimum atomic E-state index is 0.127. The van der Waals surface area contributed by atoms with Crippen LogP contribution in [0.2, 0.25) is 0 Å². The fourth-order valence-corrected chi connectivity index (χ4v) is 1.23. The maximum absolute atomic E-state index is 11.3. The van der Waals surface area contributed by atoms with Gasteiger partial charge in [-0.2, -0.15) is 0 Å². The summed E-state index contributed by atoms with van der Waals surface area (Å²) < 4.78 is 5.12. The van der Waals surface area contributed by atoms with E-state index in [0.717, 1.165) is 13.0 Å². The third-order valence-electron chi connectivity index (χ3n) is 1.97. The van der Waals surface area contributed by atoms with Gasteiger partial charge in [-0.3, -0.25) is 4.79 Å². The van der Waals surface area contributed by atoms with Gasteiger partial charge in [-0.25, -0.2) is 0 Å². The van der Waals surface area contributed by atoms with Crippen LogP contribution in [0.5, 0.6) is 0 Å². The van der Waals surface area contributed by atoms with E-state index in [9.17, 15) is 4.79 Å². The summed E-state index contributed by atoms with van der Waals surface area (Å²) in [5.74, 6) is 0.386. The van der Waals surface area contributed by atoms with Crippen LogP contribution in [-0.2, 0) is 9.53 Å². The molecule has 0 aromatic heterocycles. The summed E-state index contributed by atoms with van der Waals surface area (Å²) in [4.78, 5) is 11.3. The molecule has 0 bridgehead atoms. The number of nitrogens with one attached hydrogen (secondary N) is 1. The van der Waals surface area contributed by atoms with E-state index in [1.54, 1.807) is 6.08 Å². The van der Waals surface area contributed by atoms with Gasteiger partial charge in [-0.1, -0.05) is 6.08 Å². The predicted octanol–water partition coefficient (Wildman–Crippen LogP) is 0.368. The maximum atomic E-state index is 11.3. The lowest BCUT2D eigenvalue weighted by molar-refractivity contribution is -0.121. The monoisotopic (exact) mass is 169 g/mol. The van der Waals surface area contributed by atoms with Crippen molar-refractivity contribution in [1.82, 2.24) is 5.32 Å². The topological polar surface area (TPSA) is 38.3 Å². The number of hydrogen-bond donors (Lipinski definition) is 1. The van der Waals surface area contributed by atoms with Crippen LogP contribution in [0.25, 0.3) is 0 Å². The van der Waals surface area contributed by atoms with Crippen molar-refractivity contribution in [3.63, 3.8) is 0 Å². The Morgan fingerprint density at radius 1 is 1.75 bits per heavy atom. The summed E-state index contributed by atoms with van der Waals surface area (Å²) in [5, 5.41) is 2.99. The molecule has 0 aliphatic carbocycles. The number of Topliss-reactive ketones (excluding diaryl/α,β-unsaturated/α-hetero) is 1. The molecule has 0 saturated carbocycles. The summed E-state index contributed by atoms with van der Waals surface area (Å²) in [6.07, 6.45) is 2.63. The largest absolute Gasteiger partial charge is 0.381 e. The lowest BCUT2D eigenvalue weighted by Gasteiger charge is -2.05. The fraction of sp³-hybridized carbons (Fsp3) is 0.667. The minimum Gasteiger partial charge on any atom is -0.381 e. The Morgan fingerprint density at radius 3 is 3.17 bits per heavy atom. The van der Waals surface area contributed by atoms with E-state index < -0.39 is 0 Å². The van der Waals surface area contributed by atoms with Gasteiger partial charge in [0.25, 0.3) is 0 Å². The van der Waals surface area contributed by atoms with E-state index in [0.29, 0.717) is 19.7 Å². The molecule has 68 valence electrons. The first-order valence-corrected chi connectivity index (χ1v) is 4.26. The third kappa shape index (κ3) is 2.75. The van der Waals surface area contributed by atoms with Crippen molar-refractivity contribution in [1.29, 1.82) is 0 Å². The summed E-state index contributed by atoms with van der Waals surface area (Å²) in [6, 6.07) is 0. The second-order valence-electron chi connectivity index (χ2n) is 2.95. The molecule has 3 nitrogen and oxygen atoms in total. The molecule has 12 heavy (non-hydrogen) atoms. The normalized spacial score (nSPS) is 22.5. The van der Waals surface area contributed by atoms with Gasteiger partial charge >= 0.3 is 0 Å². The SMILES string of the molecule is C=CCNCC(=O)C1CCOC1. The molecule has 1 fully saturated rings. The Labute approximate surface area is 72.8 Å². The van der Waals surface area contributed by atoms with E-state index >= 15 is 0 Å². The molecule has 1 heterocycles. The first-order chi connectivity index (χ1) is 5.84. The second-order valence-corrected chi connectivity index (χ2v) is 2.95. The molecule has 0 radical (unpaired) electrons. The Hall–Kier alpha value is -0.670. The van der Waals surface area contributed by atoms with Crippen molar-refractivity contribution in [2.24, 2.45) is 5.92 Å². The molecule has 0 aromatic rings. The van der Waals surface area contributed by atoms with Crippen molar-refractivity contribution in [3.8, 4) is 0 Å². The van der Waals surface area contributed by atoms with Gasteiger partial charge in [0.15, 0.2) is 5.78 Å². The molecule has 1 atom stereocenters. The number of hydrogen-bond acceptors (Lipinski definition) is 3. The van der Waals surface area contributed by atoms with Crippen LogP contribution in [0, 0.1) is 5.92 Å². The fourth-order valence-electron chi connectivity index (χ4n) is 1.23. The first-order valence-electron chi connectivity index (χ1n) is 4.26. The molecular formula is C9H15NO2. The molecule has 1 unspecified atom stereocenters. The highest BCUT2D eigenvalue weighted by Gasteiger charge is 2.22. The molecule has 3 heteroatoms. The Kier molecular flexibility index (Phi) is 3.97. The van der Waals surface area contributed by atoms with Gasteiger partial charge < -0.3 is 10.1 Å². The van der Waals surface area contributed by atoms with E-state index in [-0.39, 0.29) is 11.7 Å². The minimum absolute atomic E-state index is 0.127. The van der Waals surface area contributed by atoms with Gasteiger partial charge in [0.1, 0.15) is 0 Å². The van der Waals surface area contributed by atoms with Crippen molar-refractivity contribution >= 4 is 5.78 Å². The first kappa shape index (κ1) is 9.42. The van der Waals surface area contributed by atoms with Crippen LogP contribution in [0.1, 0.15) is 6.42 Å². The van der Waals surface area contributed by atoms with Gasteiger partial charge in [-0.05, 0) is 6.42 Å². The molecule has 1 rings (SSSR count). The Balaban J connectivity index is 2.14. The van der Waals surface area contributed by atoms with Gasteiger partial charge in [0, 0.05) is 19.1 Å². The lowest BCUT2D eigenvalue weighted by Crippen LogP contribution is -2.28. The van der Waals surface area contributed by atoms with E-state index in [4.69, 9.17) is 4.74 Å². The number of ether oxygens (including phenoxy) is 1. The van der Waals surface area contributed by atoms with Gasteiger partial charge in [0.2, 0.25) is 0 Å².